The van der Waals surface area contributed by atoms with Crippen molar-refractivity contribution >= 4 is 49.4 Å². The van der Waals surface area contributed by atoms with Crippen molar-refractivity contribution in [1.82, 2.24) is 0 Å². The van der Waals surface area contributed by atoms with Crippen LogP contribution in [0.2, 0.25) is 0 Å². The predicted octanol–water partition coefficient (Wildman–Crippen LogP) is 17.0. The van der Waals surface area contributed by atoms with Gasteiger partial charge in [-0.25, -0.2) is 0 Å². The molecule has 0 aliphatic heterocycles. The highest BCUT2D eigenvalue weighted by atomic mass is 15.1. The van der Waals surface area contributed by atoms with Gasteiger partial charge < -0.3 is 4.90 Å². The molecule has 11 aromatic rings. The lowest BCUT2D eigenvalue weighted by molar-refractivity contribution is 1.28. The summed E-state index contributed by atoms with van der Waals surface area (Å²) in [4.78, 5) is 2.40. The van der Waals surface area contributed by atoms with Crippen LogP contribution in [0.5, 0.6) is 0 Å². The molecule has 286 valence electrons. The fourth-order valence-corrected chi connectivity index (χ4v) is 8.92. The normalized spacial score (nSPS) is 11.3. The lowest BCUT2D eigenvalue weighted by Gasteiger charge is -2.28. The molecule has 0 unspecified atom stereocenters. The summed E-state index contributed by atoms with van der Waals surface area (Å²) in [6.07, 6.45) is 0. The van der Waals surface area contributed by atoms with E-state index >= 15 is 0 Å². The summed E-state index contributed by atoms with van der Waals surface area (Å²) < 4.78 is 0. The topological polar surface area (TPSA) is 3.24 Å². The largest absolute Gasteiger partial charge is 0.310 e. The van der Waals surface area contributed by atoms with Crippen LogP contribution in [-0.4, -0.2) is 0 Å². The van der Waals surface area contributed by atoms with E-state index in [0.29, 0.717) is 0 Å². The lowest BCUT2D eigenvalue weighted by Crippen LogP contribution is -2.11. The van der Waals surface area contributed by atoms with Crippen molar-refractivity contribution in [3.63, 3.8) is 0 Å². The van der Waals surface area contributed by atoms with E-state index in [1.54, 1.807) is 0 Å². The fraction of sp³-hybridized carbons (Fsp3) is 0. The molecule has 0 N–H and O–H groups in total. The standard InChI is InChI=1S/C60H41N/c1-3-12-42(13-4-1)44-26-28-49(29-27-44)56-20-9-10-21-60(56)61(53-36-32-45(33-37-53)43-14-5-2-6-15-43)54-18-11-17-51(40-54)46-22-24-47(25-23-46)52-31-30-50-35-38-57-55-19-8-7-16-48(55)34-39-58(57)59(50)41-52/h1-41H. The molecular weight excluding hydrogens is 735 g/mol. The molecule has 0 atom stereocenters. The molecule has 11 aromatic carbocycles. The fourth-order valence-electron chi connectivity index (χ4n) is 8.92. The summed E-state index contributed by atoms with van der Waals surface area (Å²) in [6, 6.07) is 90.4. The molecule has 61 heavy (non-hydrogen) atoms. The second kappa shape index (κ2) is 15.6. The van der Waals surface area contributed by atoms with E-state index in [2.05, 4.69) is 254 Å². The molecule has 1 heteroatoms. The summed E-state index contributed by atoms with van der Waals surface area (Å²) in [5.41, 5.74) is 15.2. The minimum absolute atomic E-state index is 1.09. The van der Waals surface area contributed by atoms with Crippen molar-refractivity contribution in [2.75, 3.05) is 4.90 Å². The summed E-state index contributed by atoms with van der Waals surface area (Å²) >= 11 is 0. The van der Waals surface area contributed by atoms with Gasteiger partial charge in [0.1, 0.15) is 0 Å². The molecule has 0 amide bonds. The van der Waals surface area contributed by atoms with Crippen LogP contribution in [0.4, 0.5) is 17.1 Å². The molecular formula is C60H41N. The third kappa shape index (κ3) is 6.93. The van der Waals surface area contributed by atoms with Gasteiger partial charge in [-0.05, 0) is 119 Å². The number of hydrogen-bond acceptors (Lipinski definition) is 1. The molecule has 11 rings (SSSR count). The van der Waals surface area contributed by atoms with Crippen LogP contribution in [0.1, 0.15) is 0 Å². The van der Waals surface area contributed by atoms with Gasteiger partial charge in [0.05, 0.1) is 5.69 Å². The monoisotopic (exact) mass is 775 g/mol. The zero-order valence-corrected chi connectivity index (χ0v) is 33.6. The summed E-state index contributed by atoms with van der Waals surface area (Å²) in [6.45, 7) is 0. The summed E-state index contributed by atoms with van der Waals surface area (Å²) in [5.74, 6) is 0. The average molecular weight is 776 g/mol. The Balaban J connectivity index is 0.966. The third-order valence-electron chi connectivity index (χ3n) is 12.1. The van der Waals surface area contributed by atoms with Crippen molar-refractivity contribution < 1.29 is 0 Å². The minimum atomic E-state index is 1.09. The molecule has 0 aliphatic rings. The number of anilines is 3. The molecule has 0 aliphatic carbocycles. The van der Waals surface area contributed by atoms with Crippen LogP contribution in [0.3, 0.4) is 0 Å². The Hall–Kier alpha value is -8.00. The van der Waals surface area contributed by atoms with E-state index in [-0.39, 0.29) is 0 Å². The number of para-hydroxylation sites is 1. The molecule has 0 aromatic heterocycles. The Kier molecular flexibility index (Phi) is 9.26. The maximum Gasteiger partial charge on any atom is 0.0540 e. The highest BCUT2D eigenvalue weighted by Gasteiger charge is 2.18. The van der Waals surface area contributed by atoms with E-state index < -0.39 is 0 Å². The first-order chi connectivity index (χ1) is 30.2. The van der Waals surface area contributed by atoms with Gasteiger partial charge >= 0.3 is 0 Å². The number of fused-ring (bicyclic) bond motifs is 5. The smallest absolute Gasteiger partial charge is 0.0540 e. The van der Waals surface area contributed by atoms with Crippen LogP contribution in [0.25, 0.3) is 88.0 Å². The van der Waals surface area contributed by atoms with Gasteiger partial charge in [0.25, 0.3) is 0 Å². The Bertz CT molecular complexity index is 3310. The minimum Gasteiger partial charge on any atom is -0.310 e. The van der Waals surface area contributed by atoms with Gasteiger partial charge in [-0.1, -0.05) is 212 Å². The molecule has 0 bridgehead atoms. The molecule has 0 fully saturated rings. The van der Waals surface area contributed by atoms with Crippen molar-refractivity contribution in [1.29, 1.82) is 0 Å². The Labute approximate surface area is 357 Å². The molecule has 0 radical (unpaired) electrons. The van der Waals surface area contributed by atoms with Crippen LogP contribution < -0.4 is 4.90 Å². The van der Waals surface area contributed by atoms with Gasteiger partial charge in [0, 0.05) is 16.9 Å². The summed E-state index contributed by atoms with van der Waals surface area (Å²) in [7, 11) is 0. The van der Waals surface area contributed by atoms with Gasteiger partial charge in [-0.2, -0.15) is 0 Å². The van der Waals surface area contributed by atoms with Crippen molar-refractivity contribution in [2.45, 2.75) is 0 Å². The lowest BCUT2D eigenvalue weighted by atomic mass is 9.94. The summed E-state index contributed by atoms with van der Waals surface area (Å²) in [5, 5.41) is 7.68. The van der Waals surface area contributed by atoms with Crippen molar-refractivity contribution in [3.05, 3.63) is 249 Å². The van der Waals surface area contributed by atoms with Crippen LogP contribution >= 0.6 is 0 Å². The maximum atomic E-state index is 2.40. The van der Waals surface area contributed by atoms with Crippen LogP contribution in [-0.2, 0) is 0 Å². The molecule has 1 nitrogen and oxygen atoms in total. The SMILES string of the molecule is c1ccc(-c2ccc(-c3ccccc3N(c3ccc(-c4ccccc4)cc3)c3cccc(-c4ccc(-c5ccc6ccc7c8ccccc8ccc7c6c5)cc4)c3)cc2)cc1. The zero-order chi connectivity index (χ0) is 40.5. The third-order valence-corrected chi connectivity index (χ3v) is 12.1. The van der Waals surface area contributed by atoms with E-state index in [4.69, 9.17) is 0 Å². The quantitative estimate of drug-likeness (QED) is 0.139. The van der Waals surface area contributed by atoms with Crippen LogP contribution in [0, 0.1) is 0 Å². The second-order valence-electron chi connectivity index (χ2n) is 15.7. The van der Waals surface area contributed by atoms with E-state index in [9.17, 15) is 0 Å². The predicted molar refractivity (Wildman–Crippen MR) is 261 cm³/mol. The van der Waals surface area contributed by atoms with Gasteiger partial charge in [-0.3, -0.25) is 0 Å². The van der Waals surface area contributed by atoms with Crippen molar-refractivity contribution in [2.24, 2.45) is 0 Å². The first-order valence-electron chi connectivity index (χ1n) is 21.0. The van der Waals surface area contributed by atoms with E-state index in [0.717, 1.165) is 22.6 Å². The number of nitrogens with zero attached hydrogens (tertiary/aromatic N) is 1. The molecule has 0 heterocycles. The van der Waals surface area contributed by atoms with Gasteiger partial charge in [0.15, 0.2) is 0 Å². The van der Waals surface area contributed by atoms with Crippen LogP contribution in [0.15, 0.2) is 249 Å². The number of hydrogen-bond donors (Lipinski definition) is 0. The Morgan fingerprint density at radius 3 is 1.33 bits per heavy atom. The first-order valence-corrected chi connectivity index (χ1v) is 21.0. The zero-order valence-electron chi connectivity index (χ0n) is 33.6. The van der Waals surface area contributed by atoms with E-state index in [1.807, 2.05) is 0 Å². The Morgan fingerprint density at radius 1 is 0.213 bits per heavy atom. The number of benzene rings is 11. The van der Waals surface area contributed by atoms with Crippen molar-refractivity contribution in [3.8, 4) is 55.6 Å². The first kappa shape index (κ1) is 36.1. The second-order valence-corrected chi connectivity index (χ2v) is 15.7. The molecule has 0 saturated heterocycles. The van der Waals surface area contributed by atoms with E-state index in [1.165, 1.54) is 82.4 Å². The molecule has 0 spiro atoms. The van der Waals surface area contributed by atoms with Gasteiger partial charge in [-0.15, -0.1) is 0 Å². The average Bonchev–Trinajstić information content (AvgIpc) is 3.35. The van der Waals surface area contributed by atoms with Gasteiger partial charge in [0.2, 0.25) is 0 Å². The maximum absolute atomic E-state index is 2.40. The Morgan fingerprint density at radius 2 is 0.656 bits per heavy atom. The highest BCUT2D eigenvalue weighted by Crippen LogP contribution is 2.43. The molecule has 0 saturated carbocycles. The highest BCUT2D eigenvalue weighted by molar-refractivity contribution is 6.17. The number of rotatable bonds is 8.